The normalized spacial score (nSPS) is 21.7. The standard InChI is InChI=1S/C17H22O4/c1-11(8-9-18)6-7-14-12(2)16(20)15(21-13(3)19)10-17(14,4)5/h8,15,18H,9-10H2,1-5H3/b11-8+. The Morgan fingerprint density at radius 1 is 1.48 bits per heavy atom. The minimum atomic E-state index is -0.725. The molecule has 1 aliphatic rings. The number of allylic oxidation sites excluding steroid dienone is 2. The van der Waals surface area contributed by atoms with Crippen LogP contribution in [0.25, 0.3) is 0 Å². The average molecular weight is 290 g/mol. The first-order valence-corrected chi connectivity index (χ1v) is 6.91. The third kappa shape index (κ3) is 4.30. The molecule has 0 aromatic rings. The molecule has 21 heavy (non-hydrogen) atoms. The van der Waals surface area contributed by atoms with Gasteiger partial charge in [0.1, 0.15) is 0 Å². The maximum Gasteiger partial charge on any atom is 0.303 e. The summed E-state index contributed by atoms with van der Waals surface area (Å²) in [6.45, 7) is 8.73. The molecule has 1 atom stereocenters. The fourth-order valence-electron chi connectivity index (χ4n) is 2.44. The van der Waals surface area contributed by atoms with Crippen molar-refractivity contribution in [2.45, 2.75) is 47.1 Å². The zero-order chi connectivity index (χ0) is 16.2. The molecule has 4 heteroatoms. The number of hydrogen-bond donors (Lipinski definition) is 1. The number of esters is 1. The summed E-state index contributed by atoms with van der Waals surface area (Å²) in [7, 11) is 0. The highest BCUT2D eigenvalue weighted by Crippen LogP contribution is 2.39. The Kier molecular flexibility index (Phi) is 5.51. The Labute approximate surface area is 125 Å². The minimum absolute atomic E-state index is 0.0601. The molecule has 0 saturated carbocycles. The van der Waals surface area contributed by atoms with Crippen molar-refractivity contribution in [3.8, 4) is 11.8 Å². The number of rotatable bonds is 2. The van der Waals surface area contributed by atoms with Crippen LogP contribution in [0.15, 0.2) is 22.8 Å². The summed E-state index contributed by atoms with van der Waals surface area (Å²) in [6, 6.07) is 0. The number of Topliss-reactive ketones (excluding diaryl/α,β-unsaturated/α-hetero) is 1. The molecular weight excluding hydrogens is 268 g/mol. The molecule has 4 nitrogen and oxygen atoms in total. The van der Waals surface area contributed by atoms with Gasteiger partial charge in [-0.3, -0.25) is 9.59 Å². The largest absolute Gasteiger partial charge is 0.454 e. The van der Waals surface area contributed by atoms with Gasteiger partial charge >= 0.3 is 5.97 Å². The third-order valence-electron chi connectivity index (χ3n) is 3.50. The van der Waals surface area contributed by atoms with Crippen LogP contribution in [0, 0.1) is 17.3 Å². The zero-order valence-electron chi connectivity index (χ0n) is 13.2. The topological polar surface area (TPSA) is 63.6 Å². The smallest absolute Gasteiger partial charge is 0.303 e. The number of aliphatic hydroxyl groups is 1. The highest BCUT2D eigenvalue weighted by Gasteiger charge is 2.39. The fourth-order valence-corrected chi connectivity index (χ4v) is 2.44. The molecule has 0 fully saturated rings. The Morgan fingerprint density at radius 3 is 2.62 bits per heavy atom. The second kappa shape index (κ2) is 6.73. The lowest BCUT2D eigenvalue weighted by Crippen LogP contribution is -2.38. The Balaban J connectivity index is 3.18. The van der Waals surface area contributed by atoms with Crippen molar-refractivity contribution in [2.24, 2.45) is 5.41 Å². The van der Waals surface area contributed by atoms with Crippen molar-refractivity contribution in [3.05, 3.63) is 22.8 Å². The van der Waals surface area contributed by atoms with Crippen molar-refractivity contribution >= 4 is 11.8 Å². The van der Waals surface area contributed by atoms with E-state index in [1.807, 2.05) is 13.8 Å². The van der Waals surface area contributed by atoms with Gasteiger partial charge in [0, 0.05) is 29.9 Å². The lowest BCUT2D eigenvalue weighted by Gasteiger charge is -2.34. The summed E-state index contributed by atoms with van der Waals surface area (Å²) in [5.41, 5.74) is 1.72. The van der Waals surface area contributed by atoms with E-state index in [1.54, 1.807) is 19.9 Å². The van der Waals surface area contributed by atoms with Crippen molar-refractivity contribution < 1.29 is 19.4 Å². The van der Waals surface area contributed by atoms with E-state index in [4.69, 9.17) is 9.84 Å². The van der Waals surface area contributed by atoms with Crippen LogP contribution in [0.5, 0.6) is 0 Å². The first-order valence-electron chi connectivity index (χ1n) is 6.91. The number of carbonyl (C=O) groups excluding carboxylic acids is 2. The monoisotopic (exact) mass is 290 g/mol. The van der Waals surface area contributed by atoms with Crippen molar-refractivity contribution in [1.29, 1.82) is 0 Å². The van der Waals surface area contributed by atoms with Crippen LogP contribution in [0.4, 0.5) is 0 Å². The molecule has 0 spiro atoms. The van der Waals surface area contributed by atoms with E-state index in [9.17, 15) is 9.59 Å². The van der Waals surface area contributed by atoms with Crippen molar-refractivity contribution in [1.82, 2.24) is 0 Å². The molecule has 0 radical (unpaired) electrons. The molecule has 1 unspecified atom stereocenters. The predicted octanol–water partition coefficient (Wildman–Crippen LogP) is 2.18. The molecule has 0 aromatic carbocycles. The molecule has 1 N–H and O–H groups in total. The molecule has 0 aromatic heterocycles. The molecule has 1 rings (SSSR count). The van der Waals surface area contributed by atoms with E-state index in [2.05, 4.69) is 11.8 Å². The van der Waals surface area contributed by atoms with Gasteiger partial charge in [-0.1, -0.05) is 25.7 Å². The van der Waals surface area contributed by atoms with Gasteiger partial charge in [0.05, 0.1) is 6.61 Å². The van der Waals surface area contributed by atoms with Gasteiger partial charge in [-0.05, 0) is 25.5 Å². The minimum Gasteiger partial charge on any atom is -0.454 e. The molecule has 0 bridgehead atoms. The number of aliphatic hydroxyl groups excluding tert-OH is 1. The first kappa shape index (κ1) is 17.2. The molecule has 0 heterocycles. The molecule has 1 aliphatic carbocycles. The number of ether oxygens (including phenoxy) is 1. The van der Waals surface area contributed by atoms with E-state index in [1.165, 1.54) is 6.92 Å². The Hall–Kier alpha value is -1.86. The van der Waals surface area contributed by atoms with Crippen LogP contribution in [-0.4, -0.2) is 29.6 Å². The van der Waals surface area contributed by atoms with Crippen LogP contribution in [0.2, 0.25) is 0 Å². The van der Waals surface area contributed by atoms with Gasteiger partial charge < -0.3 is 9.84 Å². The first-order chi connectivity index (χ1) is 9.69. The van der Waals surface area contributed by atoms with E-state index in [-0.39, 0.29) is 17.8 Å². The van der Waals surface area contributed by atoms with E-state index < -0.39 is 12.1 Å². The second-order valence-corrected chi connectivity index (χ2v) is 5.87. The van der Waals surface area contributed by atoms with E-state index >= 15 is 0 Å². The van der Waals surface area contributed by atoms with Gasteiger partial charge in [0.25, 0.3) is 0 Å². The summed E-state index contributed by atoms with van der Waals surface area (Å²) in [5.74, 6) is 5.35. The summed E-state index contributed by atoms with van der Waals surface area (Å²) in [4.78, 5) is 23.4. The van der Waals surface area contributed by atoms with E-state index in [0.717, 1.165) is 11.1 Å². The van der Waals surface area contributed by atoms with Gasteiger partial charge in [0.15, 0.2) is 11.9 Å². The highest BCUT2D eigenvalue weighted by molar-refractivity contribution is 6.01. The maximum atomic E-state index is 12.3. The molecule has 0 amide bonds. The average Bonchev–Trinajstić information content (AvgIpc) is 2.34. The summed E-state index contributed by atoms with van der Waals surface area (Å²) in [5, 5.41) is 8.83. The predicted molar refractivity (Wildman–Crippen MR) is 80.3 cm³/mol. The lowest BCUT2D eigenvalue weighted by molar-refractivity contribution is -0.153. The van der Waals surface area contributed by atoms with Crippen LogP contribution < -0.4 is 0 Å². The number of carbonyl (C=O) groups is 2. The third-order valence-corrected chi connectivity index (χ3v) is 3.50. The molecular formula is C17H22O4. The number of hydrogen-bond acceptors (Lipinski definition) is 4. The summed E-state index contributed by atoms with van der Waals surface area (Å²) >= 11 is 0. The van der Waals surface area contributed by atoms with Crippen LogP contribution in [0.1, 0.15) is 41.0 Å². The quantitative estimate of drug-likeness (QED) is 0.625. The van der Waals surface area contributed by atoms with Gasteiger partial charge in [-0.25, -0.2) is 0 Å². The van der Waals surface area contributed by atoms with E-state index in [0.29, 0.717) is 12.0 Å². The fraction of sp³-hybridized carbons (Fsp3) is 0.529. The van der Waals surface area contributed by atoms with Crippen LogP contribution in [0.3, 0.4) is 0 Å². The zero-order valence-corrected chi connectivity index (χ0v) is 13.2. The van der Waals surface area contributed by atoms with Gasteiger partial charge in [-0.2, -0.15) is 0 Å². The molecule has 0 saturated heterocycles. The molecule has 0 aliphatic heterocycles. The van der Waals surface area contributed by atoms with Gasteiger partial charge in [-0.15, -0.1) is 0 Å². The van der Waals surface area contributed by atoms with Crippen molar-refractivity contribution in [2.75, 3.05) is 6.61 Å². The van der Waals surface area contributed by atoms with Crippen LogP contribution in [-0.2, 0) is 14.3 Å². The Bertz CT molecular complexity index is 567. The second-order valence-electron chi connectivity index (χ2n) is 5.87. The summed E-state index contributed by atoms with van der Waals surface area (Å²) < 4.78 is 5.11. The Morgan fingerprint density at radius 2 is 2.10 bits per heavy atom. The van der Waals surface area contributed by atoms with Crippen molar-refractivity contribution in [3.63, 3.8) is 0 Å². The lowest BCUT2D eigenvalue weighted by atomic mass is 9.71. The highest BCUT2D eigenvalue weighted by atomic mass is 16.5. The number of ketones is 1. The summed E-state index contributed by atoms with van der Waals surface area (Å²) in [6.07, 6.45) is 1.31. The molecule has 114 valence electrons. The van der Waals surface area contributed by atoms with Crippen LogP contribution >= 0.6 is 0 Å². The SMILES string of the molecule is CC(=O)OC1CC(C)(C)C(C#C/C(C)=C/CO)=C(C)C1=O. The maximum absolute atomic E-state index is 12.3. The van der Waals surface area contributed by atoms with Gasteiger partial charge in [0.2, 0.25) is 0 Å².